The number of carbonyl (C=O) groups excluding carboxylic acids is 1. The number of benzene rings is 3. The van der Waals surface area contributed by atoms with E-state index in [9.17, 15) is 13.2 Å². The summed E-state index contributed by atoms with van der Waals surface area (Å²) in [6.45, 7) is 1.95. The predicted molar refractivity (Wildman–Crippen MR) is 113 cm³/mol. The molecule has 0 aliphatic rings. The Bertz CT molecular complexity index is 1180. The number of aryl methyl sites for hydroxylation is 1. The van der Waals surface area contributed by atoms with Gasteiger partial charge in [0.05, 0.1) is 41.4 Å². The Kier molecular flexibility index (Phi) is 6.19. The number of anilines is 1. The van der Waals surface area contributed by atoms with Gasteiger partial charge in [-0.3, -0.25) is 4.31 Å². The smallest absolute Gasteiger partial charge is 0.337 e. The van der Waals surface area contributed by atoms with Crippen molar-refractivity contribution in [2.45, 2.75) is 18.4 Å². The van der Waals surface area contributed by atoms with Gasteiger partial charge in [0.25, 0.3) is 10.0 Å². The Labute approximate surface area is 176 Å². The highest BCUT2D eigenvalue weighted by molar-refractivity contribution is 7.92. The highest BCUT2D eigenvalue weighted by Gasteiger charge is 2.25. The SMILES string of the molecule is COC(=O)c1ccc(N(Cc2ccc(C#N)cc2)S(=O)(=O)c2ccc(C)cc2)cc1. The van der Waals surface area contributed by atoms with E-state index in [4.69, 9.17) is 10.00 Å². The first-order valence-electron chi connectivity index (χ1n) is 9.12. The minimum atomic E-state index is -3.87. The minimum absolute atomic E-state index is 0.0689. The minimum Gasteiger partial charge on any atom is -0.465 e. The van der Waals surface area contributed by atoms with E-state index in [-0.39, 0.29) is 11.4 Å². The van der Waals surface area contributed by atoms with Gasteiger partial charge in [0, 0.05) is 0 Å². The van der Waals surface area contributed by atoms with Gasteiger partial charge >= 0.3 is 5.97 Å². The molecule has 3 aromatic carbocycles. The zero-order chi connectivity index (χ0) is 21.7. The maximum atomic E-state index is 13.4. The van der Waals surface area contributed by atoms with E-state index in [0.717, 1.165) is 11.1 Å². The molecule has 0 saturated carbocycles. The fourth-order valence-electron chi connectivity index (χ4n) is 2.88. The van der Waals surface area contributed by atoms with Crippen LogP contribution < -0.4 is 4.31 Å². The number of methoxy groups -OCH3 is 1. The van der Waals surface area contributed by atoms with Gasteiger partial charge < -0.3 is 4.74 Å². The van der Waals surface area contributed by atoms with Gasteiger partial charge in [0.1, 0.15) is 0 Å². The van der Waals surface area contributed by atoms with Crippen LogP contribution in [0.2, 0.25) is 0 Å². The molecule has 0 bridgehead atoms. The lowest BCUT2D eigenvalue weighted by Crippen LogP contribution is -2.30. The van der Waals surface area contributed by atoms with E-state index < -0.39 is 16.0 Å². The molecular weight excluding hydrogens is 400 g/mol. The number of rotatable bonds is 6. The molecule has 0 saturated heterocycles. The first-order chi connectivity index (χ1) is 14.3. The first-order valence-corrected chi connectivity index (χ1v) is 10.6. The van der Waals surface area contributed by atoms with Gasteiger partial charge in [-0.05, 0) is 61.0 Å². The molecule has 0 N–H and O–H groups in total. The highest BCUT2D eigenvalue weighted by atomic mass is 32.2. The largest absolute Gasteiger partial charge is 0.465 e. The Hall–Kier alpha value is -3.63. The molecule has 0 heterocycles. The molecule has 0 atom stereocenters. The van der Waals surface area contributed by atoms with E-state index in [1.165, 1.54) is 23.5 Å². The lowest BCUT2D eigenvalue weighted by atomic mass is 10.1. The van der Waals surface area contributed by atoms with E-state index in [0.29, 0.717) is 16.8 Å². The monoisotopic (exact) mass is 420 g/mol. The van der Waals surface area contributed by atoms with Crippen LogP contribution in [0, 0.1) is 18.3 Å². The summed E-state index contributed by atoms with van der Waals surface area (Å²) in [6.07, 6.45) is 0. The summed E-state index contributed by atoms with van der Waals surface area (Å²) in [7, 11) is -2.58. The maximum absolute atomic E-state index is 13.4. The van der Waals surface area contributed by atoms with Crippen LogP contribution >= 0.6 is 0 Å². The number of nitrogens with zero attached hydrogens (tertiary/aromatic N) is 2. The second-order valence-corrected chi connectivity index (χ2v) is 8.53. The normalized spacial score (nSPS) is 10.8. The highest BCUT2D eigenvalue weighted by Crippen LogP contribution is 2.27. The van der Waals surface area contributed by atoms with E-state index in [1.807, 2.05) is 13.0 Å². The Morgan fingerprint density at radius 1 is 0.967 bits per heavy atom. The molecule has 7 heteroatoms. The molecule has 152 valence electrons. The first kappa shape index (κ1) is 21.1. The zero-order valence-electron chi connectivity index (χ0n) is 16.6. The molecule has 30 heavy (non-hydrogen) atoms. The number of sulfonamides is 1. The molecule has 0 aromatic heterocycles. The van der Waals surface area contributed by atoms with Gasteiger partial charge in [-0.25, -0.2) is 13.2 Å². The van der Waals surface area contributed by atoms with Crippen molar-refractivity contribution >= 4 is 21.7 Å². The van der Waals surface area contributed by atoms with Crippen LogP contribution in [0.3, 0.4) is 0 Å². The molecule has 0 aliphatic carbocycles. The quantitative estimate of drug-likeness (QED) is 0.562. The average molecular weight is 420 g/mol. The van der Waals surface area contributed by atoms with Crippen LogP contribution in [-0.4, -0.2) is 21.5 Å². The molecule has 0 unspecified atom stereocenters. The molecule has 3 aromatic rings. The van der Waals surface area contributed by atoms with Crippen molar-refractivity contribution in [3.63, 3.8) is 0 Å². The molecule has 0 fully saturated rings. The zero-order valence-corrected chi connectivity index (χ0v) is 17.4. The van der Waals surface area contributed by atoms with Gasteiger partial charge in [-0.2, -0.15) is 5.26 Å². The van der Waals surface area contributed by atoms with Crippen LogP contribution in [-0.2, 0) is 21.3 Å². The van der Waals surface area contributed by atoms with Crippen molar-refractivity contribution in [2.75, 3.05) is 11.4 Å². The molecule has 3 rings (SSSR count). The fourth-order valence-corrected chi connectivity index (χ4v) is 4.34. The number of hydrogen-bond donors (Lipinski definition) is 0. The van der Waals surface area contributed by atoms with Gasteiger partial charge in [-0.15, -0.1) is 0 Å². The van der Waals surface area contributed by atoms with Crippen LogP contribution in [0.15, 0.2) is 77.7 Å². The fraction of sp³-hybridized carbons (Fsp3) is 0.130. The Morgan fingerprint density at radius 3 is 2.10 bits per heavy atom. The van der Waals surface area contributed by atoms with Crippen molar-refractivity contribution in [2.24, 2.45) is 0 Å². The predicted octanol–water partition coefficient (Wildman–Crippen LogP) is 4.05. The number of ether oxygens (including phenoxy) is 1. The third kappa shape index (κ3) is 4.50. The molecule has 0 radical (unpaired) electrons. The summed E-state index contributed by atoms with van der Waals surface area (Å²) < 4.78 is 32.8. The molecule has 6 nitrogen and oxygen atoms in total. The van der Waals surface area contributed by atoms with Crippen LogP contribution in [0.5, 0.6) is 0 Å². The molecular formula is C23H20N2O4S. The van der Waals surface area contributed by atoms with Crippen molar-refractivity contribution in [1.29, 1.82) is 5.26 Å². The number of hydrogen-bond acceptors (Lipinski definition) is 5. The van der Waals surface area contributed by atoms with Crippen molar-refractivity contribution in [1.82, 2.24) is 0 Å². The molecule has 0 spiro atoms. The number of esters is 1. The third-order valence-electron chi connectivity index (χ3n) is 4.59. The van der Waals surface area contributed by atoms with E-state index in [2.05, 4.69) is 0 Å². The third-order valence-corrected chi connectivity index (χ3v) is 6.38. The lowest BCUT2D eigenvalue weighted by Gasteiger charge is -2.25. The summed E-state index contributed by atoms with van der Waals surface area (Å²) in [5.41, 5.74) is 2.91. The van der Waals surface area contributed by atoms with E-state index in [1.54, 1.807) is 60.7 Å². The second kappa shape index (κ2) is 8.80. The van der Waals surface area contributed by atoms with Crippen LogP contribution in [0.1, 0.15) is 27.0 Å². The van der Waals surface area contributed by atoms with Crippen molar-refractivity contribution in [3.8, 4) is 6.07 Å². The summed E-state index contributed by atoms with van der Waals surface area (Å²) >= 11 is 0. The Balaban J connectivity index is 2.04. The van der Waals surface area contributed by atoms with Crippen LogP contribution in [0.25, 0.3) is 0 Å². The topological polar surface area (TPSA) is 87.5 Å². The summed E-state index contributed by atoms with van der Waals surface area (Å²) in [5.74, 6) is -0.499. The number of carbonyl (C=O) groups is 1. The van der Waals surface area contributed by atoms with Gasteiger partial charge in [0.2, 0.25) is 0 Å². The lowest BCUT2D eigenvalue weighted by molar-refractivity contribution is 0.0600. The van der Waals surface area contributed by atoms with Gasteiger partial charge in [0.15, 0.2) is 0 Å². The maximum Gasteiger partial charge on any atom is 0.337 e. The van der Waals surface area contributed by atoms with E-state index >= 15 is 0 Å². The second-order valence-electron chi connectivity index (χ2n) is 6.67. The van der Waals surface area contributed by atoms with Crippen molar-refractivity contribution < 1.29 is 17.9 Å². The van der Waals surface area contributed by atoms with Crippen LogP contribution in [0.4, 0.5) is 5.69 Å². The van der Waals surface area contributed by atoms with Gasteiger partial charge in [-0.1, -0.05) is 29.8 Å². The number of nitriles is 1. The summed E-state index contributed by atoms with van der Waals surface area (Å²) in [6, 6.07) is 21.6. The standard InChI is InChI=1S/C23H20N2O4S/c1-17-3-13-22(14-4-17)30(27,28)25(16-19-7-5-18(15-24)6-8-19)21-11-9-20(10-12-21)23(26)29-2/h3-14H,16H2,1-2H3. The average Bonchev–Trinajstić information content (AvgIpc) is 2.77. The molecule has 0 aliphatic heterocycles. The van der Waals surface area contributed by atoms with Crippen molar-refractivity contribution in [3.05, 3.63) is 95.1 Å². The Morgan fingerprint density at radius 2 is 1.57 bits per heavy atom. The molecule has 0 amide bonds. The summed E-state index contributed by atoms with van der Waals surface area (Å²) in [4.78, 5) is 11.9. The summed E-state index contributed by atoms with van der Waals surface area (Å²) in [5, 5.41) is 8.99.